The number of nitrogens with zero attached hydrogens (tertiary/aromatic N) is 6. The Bertz CT molecular complexity index is 674. The zero-order valence-corrected chi connectivity index (χ0v) is 8.65. The summed E-state index contributed by atoms with van der Waals surface area (Å²) in [6.07, 6.45) is 3.31. The monoisotopic (exact) mass is 228 g/mol. The molecular weight excluding hydrogens is 220 g/mol. The molecule has 0 spiro atoms. The van der Waals surface area contributed by atoms with E-state index in [2.05, 4.69) is 25.0 Å². The second-order valence-electron chi connectivity index (χ2n) is 3.32. The zero-order chi connectivity index (χ0) is 11.8. The lowest BCUT2D eigenvalue weighted by Crippen LogP contribution is -2.06. The minimum absolute atomic E-state index is 0.0729. The first kappa shape index (κ1) is 9.46. The molecule has 4 N–H and O–H groups in total. The number of aromatic nitrogens is 6. The molecular formula is C9H8N8. The zero-order valence-electron chi connectivity index (χ0n) is 8.65. The van der Waals surface area contributed by atoms with E-state index in [-0.39, 0.29) is 11.9 Å². The Labute approximate surface area is 95.4 Å². The van der Waals surface area contributed by atoms with Crippen molar-refractivity contribution in [1.82, 2.24) is 29.5 Å². The van der Waals surface area contributed by atoms with Gasteiger partial charge in [0, 0.05) is 18.0 Å². The highest BCUT2D eigenvalue weighted by atomic mass is 15.4. The van der Waals surface area contributed by atoms with Crippen molar-refractivity contribution in [2.24, 2.45) is 0 Å². The minimum atomic E-state index is 0.0729. The van der Waals surface area contributed by atoms with Gasteiger partial charge < -0.3 is 11.5 Å². The van der Waals surface area contributed by atoms with Gasteiger partial charge in [0.1, 0.15) is 0 Å². The van der Waals surface area contributed by atoms with Crippen LogP contribution in [-0.2, 0) is 0 Å². The Morgan fingerprint density at radius 1 is 1.00 bits per heavy atom. The van der Waals surface area contributed by atoms with Crippen molar-refractivity contribution < 1.29 is 0 Å². The van der Waals surface area contributed by atoms with Crippen molar-refractivity contribution in [3.8, 4) is 11.4 Å². The van der Waals surface area contributed by atoms with Gasteiger partial charge in [-0.2, -0.15) is 19.5 Å². The van der Waals surface area contributed by atoms with Gasteiger partial charge in [0.15, 0.2) is 5.82 Å². The Kier molecular flexibility index (Phi) is 1.87. The molecule has 0 amide bonds. The number of rotatable bonds is 1. The smallest absolute Gasteiger partial charge is 0.259 e. The highest BCUT2D eigenvalue weighted by Gasteiger charge is 2.10. The third-order valence-electron chi connectivity index (χ3n) is 2.19. The van der Waals surface area contributed by atoms with Crippen LogP contribution in [0, 0.1) is 0 Å². The van der Waals surface area contributed by atoms with Gasteiger partial charge in [0.2, 0.25) is 11.9 Å². The molecule has 3 aromatic heterocycles. The van der Waals surface area contributed by atoms with Crippen LogP contribution >= 0.6 is 0 Å². The van der Waals surface area contributed by atoms with Gasteiger partial charge in [-0.3, -0.25) is 4.98 Å². The summed E-state index contributed by atoms with van der Waals surface area (Å²) >= 11 is 0. The van der Waals surface area contributed by atoms with E-state index < -0.39 is 0 Å². The van der Waals surface area contributed by atoms with E-state index in [1.54, 1.807) is 24.5 Å². The second-order valence-corrected chi connectivity index (χ2v) is 3.32. The maximum Gasteiger partial charge on any atom is 0.259 e. The molecule has 0 saturated carbocycles. The first-order valence-corrected chi connectivity index (χ1v) is 4.80. The molecule has 17 heavy (non-hydrogen) atoms. The molecule has 0 unspecified atom stereocenters. The van der Waals surface area contributed by atoms with Crippen molar-refractivity contribution in [3.05, 3.63) is 24.5 Å². The van der Waals surface area contributed by atoms with Crippen molar-refractivity contribution >= 4 is 17.7 Å². The fourth-order valence-electron chi connectivity index (χ4n) is 1.45. The third-order valence-corrected chi connectivity index (χ3v) is 2.19. The molecule has 0 saturated heterocycles. The highest BCUT2D eigenvalue weighted by Crippen LogP contribution is 2.15. The van der Waals surface area contributed by atoms with Crippen LogP contribution < -0.4 is 11.5 Å². The van der Waals surface area contributed by atoms with E-state index in [0.29, 0.717) is 11.6 Å². The molecule has 84 valence electrons. The topological polar surface area (TPSA) is 121 Å². The quantitative estimate of drug-likeness (QED) is 0.588. The maximum absolute atomic E-state index is 5.67. The summed E-state index contributed by atoms with van der Waals surface area (Å²) in [5.74, 6) is 1.05. The van der Waals surface area contributed by atoms with Gasteiger partial charge in [-0.1, -0.05) is 0 Å². The molecule has 8 heteroatoms. The average Bonchev–Trinajstić information content (AvgIpc) is 2.74. The van der Waals surface area contributed by atoms with E-state index in [0.717, 1.165) is 5.56 Å². The number of nitrogens with two attached hydrogens (primary N) is 2. The first-order valence-electron chi connectivity index (χ1n) is 4.80. The molecule has 0 aliphatic heterocycles. The van der Waals surface area contributed by atoms with Gasteiger partial charge in [-0.05, 0) is 12.1 Å². The number of pyridine rings is 1. The van der Waals surface area contributed by atoms with Crippen LogP contribution in [0.3, 0.4) is 0 Å². The average molecular weight is 228 g/mol. The Balaban J connectivity index is 2.24. The van der Waals surface area contributed by atoms with Crippen LogP contribution in [0.2, 0.25) is 0 Å². The van der Waals surface area contributed by atoms with Crippen LogP contribution in [0.5, 0.6) is 0 Å². The molecule has 3 heterocycles. The molecule has 3 aromatic rings. The minimum Gasteiger partial charge on any atom is -0.368 e. The summed E-state index contributed by atoms with van der Waals surface area (Å²) in [6, 6.07) is 3.59. The molecule has 0 atom stereocenters. The maximum atomic E-state index is 5.67. The Morgan fingerprint density at radius 3 is 2.53 bits per heavy atom. The fraction of sp³-hybridized carbons (Fsp3) is 0. The van der Waals surface area contributed by atoms with Gasteiger partial charge in [-0.15, -0.1) is 5.10 Å². The number of hydrogen-bond donors (Lipinski definition) is 2. The number of hydrogen-bond acceptors (Lipinski definition) is 7. The van der Waals surface area contributed by atoms with Gasteiger partial charge >= 0.3 is 0 Å². The molecule has 3 rings (SSSR count). The van der Waals surface area contributed by atoms with Gasteiger partial charge in [0.05, 0.1) is 0 Å². The summed E-state index contributed by atoms with van der Waals surface area (Å²) in [7, 11) is 0. The van der Waals surface area contributed by atoms with Crippen molar-refractivity contribution in [1.29, 1.82) is 0 Å². The standard InChI is InChI=1S/C9H8N8/c10-7-14-8(11)17-9(15-7)13-6(16-17)5-1-3-12-4-2-5/h1-4H,(H4,10,11,13,14,15,16). The fourth-order valence-corrected chi connectivity index (χ4v) is 1.45. The molecule has 8 nitrogen and oxygen atoms in total. The van der Waals surface area contributed by atoms with Crippen molar-refractivity contribution in [3.63, 3.8) is 0 Å². The molecule has 0 aliphatic rings. The molecule has 0 aromatic carbocycles. The Morgan fingerprint density at radius 2 is 1.76 bits per heavy atom. The van der Waals surface area contributed by atoms with Crippen LogP contribution in [0.15, 0.2) is 24.5 Å². The van der Waals surface area contributed by atoms with Crippen LogP contribution in [0.25, 0.3) is 17.2 Å². The molecule has 0 radical (unpaired) electrons. The lowest BCUT2D eigenvalue weighted by Gasteiger charge is -1.95. The lowest BCUT2D eigenvalue weighted by molar-refractivity contribution is 0.917. The number of anilines is 2. The largest absolute Gasteiger partial charge is 0.368 e. The van der Waals surface area contributed by atoms with E-state index in [1.807, 2.05) is 0 Å². The van der Waals surface area contributed by atoms with Crippen LogP contribution in [-0.4, -0.2) is 29.5 Å². The predicted molar refractivity (Wildman–Crippen MR) is 60.6 cm³/mol. The third kappa shape index (κ3) is 1.51. The summed E-state index contributed by atoms with van der Waals surface area (Å²) in [4.78, 5) is 15.9. The lowest BCUT2D eigenvalue weighted by atomic mass is 10.3. The summed E-state index contributed by atoms with van der Waals surface area (Å²) in [5.41, 5.74) is 12.0. The van der Waals surface area contributed by atoms with Gasteiger partial charge in [-0.25, -0.2) is 0 Å². The first-order chi connectivity index (χ1) is 8.24. The normalized spacial score (nSPS) is 10.8. The number of nitrogen functional groups attached to an aromatic ring is 2. The molecule has 0 bridgehead atoms. The van der Waals surface area contributed by atoms with Crippen LogP contribution in [0.4, 0.5) is 11.9 Å². The molecule has 0 fully saturated rings. The van der Waals surface area contributed by atoms with Crippen molar-refractivity contribution in [2.45, 2.75) is 0 Å². The predicted octanol–water partition coefficient (Wildman–Crippen LogP) is -0.254. The van der Waals surface area contributed by atoms with E-state index in [1.165, 1.54) is 4.52 Å². The van der Waals surface area contributed by atoms with Crippen LogP contribution in [0.1, 0.15) is 0 Å². The summed E-state index contributed by atoms with van der Waals surface area (Å²) in [5, 5.41) is 4.20. The summed E-state index contributed by atoms with van der Waals surface area (Å²) < 4.78 is 1.34. The highest BCUT2D eigenvalue weighted by molar-refractivity contribution is 5.57. The Hall–Kier alpha value is -2.77. The van der Waals surface area contributed by atoms with E-state index in [9.17, 15) is 0 Å². The van der Waals surface area contributed by atoms with E-state index >= 15 is 0 Å². The van der Waals surface area contributed by atoms with E-state index in [4.69, 9.17) is 11.5 Å². The SMILES string of the molecule is Nc1nc(N)n2nc(-c3ccncc3)nc2n1. The second kappa shape index (κ2) is 3.37. The van der Waals surface area contributed by atoms with Crippen molar-refractivity contribution in [2.75, 3.05) is 11.5 Å². The molecule has 0 aliphatic carbocycles. The number of fused-ring (bicyclic) bond motifs is 1. The van der Waals surface area contributed by atoms with Gasteiger partial charge in [0.25, 0.3) is 5.78 Å². The summed E-state index contributed by atoms with van der Waals surface area (Å²) in [6.45, 7) is 0.